The van der Waals surface area contributed by atoms with Crippen molar-refractivity contribution in [3.63, 3.8) is 0 Å². The predicted octanol–water partition coefficient (Wildman–Crippen LogP) is 2.99. The average molecular weight is 271 g/mol. The highest BCUT2D eigenvalue weighted by Crippen LogP contribution is 2.11. The van der Waals surface area contributed by atoms with Gasteiger partial charge < -0.3 is 4.74 Å². The van der Waals surface area contributed by atoms with E-state index in [1.54, 1.807) is 0 Å². The number of Topliss-reactive ketones (excluding diaryl/α,β-unsaturated/α-hetero) is 1. The minimum absolute atomic E-state index is 0.157. The van der Waals surface area contributed by atoms with E-state index in [4.69, 9.17) is 4.74 Å². The van der Waals surface area contributed by atoms with E-state index in [0.717, 1.165) is 10.9 Å². The number of carbonyl (C=O) groups excluding carboxylic acids is 1. The van der Waals surface area contributed by atoms with E-state index >= 15 is 0 Å². The van der Waals surface area contributed by atoms with Gasteiger partial charge in [-0.15, -0.1) is 0 Å². The van der Waals surface area contributed by atoms with Crippen LogP contribution in [0.4, 0.5) is 0 Å². The van der Waals surface area contributed by atoms with Gasteiger partial charge in [0.1, 0.15) is 6.61 Å². The number of rotatable bonds is 6. The molecule has 0 heterocycles. The van der Waals surface area contributed by atoms with Crippen LogP contribution in [0.15, 0.2) is 28.7 Å². The molecule has 0 amide bonds. The maximum atomic E-state index is 10.9. The van der Waals surface area contributed by atoms with Crippen molar-refractivity contribution >= 4 is 21.7 Å². The van der Waals surface area contributed by atoms with Crippen LogP contribution >= 0.6 is 15.9 Å². The van der Waals surface area contributed by atoms with Gasteiger partial charge in [0.05, 0.1) is 6.61 Å². The minimum Gasteiger partial charge on any atom is -0.373 e. The first-order chi connectivity index (χ1) is 7.22. The van der Waals surface area contributed by atoms with Crippen molar-refractivity contribution in [1.29, 1.82) is 0 Å². The lowest BCUT2D eigenvalue weighted by molar-refractivity contribution is -0.123. The van der Waals surface area contributed by atoms with Crippen molar-refractivity contribution in [1.82, 2.24) is 0 Å². The lowest BCUT2D eigenvalue weighted by Gasteiger charge is -2.03. The van der Waals surface area contributed by atoms with Gasteiger partial charge in [-0.05, 0) is 24.1 Å². The second-order valence-corrected chi connectivity index (χ2v) is 4.24. The molecule has 0 fully saturated rings. The molecule has 0 unspecified atom stereocenters. The fraction of sp³-hybridized carbons (Fsp3) is 0.417. The molecule has 0 saturated heterocycles. The molecule has 0 spiro atoms. The van der Waals surface area contributed by atoms with E-state index in [-0.39, 0.29) is 12.4 Å². The molecule has 0 radical (unpaired) electrons. The summed E-state index contributed by atoms with van der Waals surface area (Å²) in [7, 11) is 0. The first-order valence-corrected chi connectivity index (χ1v) is 5.85. The van der Waals surface area contributed by atoms with Crippen molar-refractivity contribution in [3.05, 3.63) is 34.3 Å². The quantitative estimate of drug-likeness (QED) is 0.743. The molecule has 1 rings (SSSR count). The van der Waals surface area contributed by atoms with Crippen LogP contribution < -0.4 is 0 Å². The molecule has 0 atom stereocenters. The van der Waals surface area contributed by atoms with Gasteiger partial charge in [0.25, 0.3) is 0 Å². The molecule has 82 valence electrons. The number of hydrogen-bond acceptors (Lipinski definition) is 2. The van der Waals surface area contributed by atoms with E-state index in [0.29, 0.717) is 13.0 Å². The summed E-state index contributed by atoms with van der Waals surface area (Å²) in [6.07, 6.45) is 1.40. The number of ether oxygens (including phenoxy) is 1. The largest absolute Gasteiger partial charge is 0.373 e. The molecule has 15 heavy (non-hydrogen) atoms. The molecule has 0 aliphatic heterocycles. The first-order valence-electron chi connectivity index (χ1n) is 5.06. The molecule has 0 N–H and O–H groups in total. The molecule has 3 heteroatoms. The zero-order valence-electron chi connectivity index (χ0n) is 8.83. The smallest absolute Gasteiger partial charge is 0.158 e. The number of ketones is 1. The third-order valence-corrected chi connectivity index (χ3v) is 2.57. The van der Waals surface area contributed by atoms with Crippen LogP contribution in [-0.2, 0) is 16.0 Å². The van der Waals surface area contributed by atoms with Crippen LogP contribution in [0.25, 0.3) is 0 Å². The van der Waals surface area contributed by atoms with Gasteiger partial charge in [0.15, 0.2) is 5.78 Å². The van der Waals surface area contributed by atoms with E-state index in [1.165, 1.54) is 5.56 Å². The Labute approximate surface area is 98.8 Å². The summed E-state index contributed by atoms with van der Waals surface area (Å²) in [6, 6.07) is 8.10. The van der Waals surface area contributed by atoms with Gasteiger partial charge in [-0.2, -0.15) is 0 Å². The number of hydrogen-bond donors (Lipinski definition) is 0. The Hall–Kier alpha value is -0.670. The van der Waals surface area contributed by atoms with E-state index in [9.17, 15) is 4.79 Å². The Morgan fingerprint density at radius 1 is 1.47 bits per heavy atom. The van der Waals surface area contributed by atoms with Crippen LogP contribution in [0.3, 0.4) is 0 Å². The first kappa shape index (κ1) is 12.4. The van der Waals surface area contributed by atoms with Crippen molar-refractivity contribution in [2.45, 2.75) is 19.8 Å². The summed E-state index contributed by atoms with van der Waals surface area (Å²) in [4.78, 5) is 10.9. The van der Waals surface area contributed by atoms with E-state index in [2.05, 4.69) is 28.1 Å². The Morgan fingerprint density at radius 2 is 2.27 bits per heavy atom. The molecular formula is C12H15BrO2. The minimum atomic E-state index is 0.157. The number of benzene rings is 1. The Kier molecular flexibility index (Phi) is 5.58. The second kappa shape index (κ2) is 6.75. The fourth-order valence-corrected chi connectivity index (χ4v) is 1.62. The topological polar surface area (TPSA) is 26.3 Å². The second-order valence-electron chi connectivity index (χ2n) is 3.32. The van der Waals surface area contributed by atoms with Crippen LogP contribution in [0, 0.1) is 0 Å². The number of carbonyl (C=O) groups is 1. The van der Waals surface area contributed by atoms with Gasteiger partial charge in [-0.25, -0.2) is 0 Å². The van der Waals surface area contributed by atoms with Gasteiger partial charge >= 0.3 is 0 Å². The van der Waals surface area contributed by atoms with Crippen molar-refractivity contribution in [2.24, 2.45) is 0 Å². The highest BCUT2D eigenvalue weighted by molar-refractivity contribution is 9.10. The maximum absolute atomic E-state index is 10.9. The fourth-order valence-electron chi connectivity index (χ4n) is 1.17. The summed E-state index contributed by atoms with van der Waals surface area (Å²) in [5, 5.41) is 0. The molecule has 2 nitrogen and oxygen atoms in total. The molecular weight excluding hydrogens is 256 g/mol. The standard InChI is InChI=1S/C12H15BrO2/c1-2-12(14)9-15-7-6-10-4-3-5-11(13)8-10/h3-5,8H,2,6-7,9H2,1H3. The zero-order valence-corrected chi connectivity index (χ0v) is 10.4. The molecule has 0 aromatic heterocycles. The summed E-state index contributed by atoms with van der Waals surface area (Å²) in [5.74, 6) is 0.157. The van der Waals surface area contributed by atoms with Crippen LogP contribution in [0.5, 0.6) is 0 Å². The van der Waals surface area contributed by atoms with Crippen molar-refractivity contribution in [3.8, 4) is 0 Å². The molecule has 0 bridgehead atoms. The average Bonchev–Trinajstić information content (AvgIpc) is 2.24. The number of halogens is 1. The van der Waals surface area contributed by atoms with E-state index in [1.807, 2.05) is 19.1 Å². The summed E-state index contributed by atoms with van der Waals surface area (Å²) < 4.78 is 6.34. The monoisotopic (exact) mass is 270 g/mol. The lowest BCUT2D eigenvalue weighted by Crippen LogP contribution is -2.09. The van der Waals surface area contributed by atoms with Gasteiger partial charge in [0.2, 0.25) is 0 Å². The molecule has 0 saturated carbocycles. The van der Waals surface area contributed by atoms with E-state index < -0.39 is 0 Å². The normalized spacial score (nSPS) is 10.3. The Balaban J connectivity index is 2.23. The SMILES string of the molecule is CCC(=O)COCCc1cccc(Br)c1. The summed E-state index contributed by atoms with van der Waals surface area (Å²) in [5.41, 5.74) is 1.22. The van der Waals surface area contributed by atoms with Crippen LogP contribution in [0.2, 0.25) is 0 Å². The predicted molar refractivity (Wildman–Crippen MR) is 64.0 cm³/mol. The van der Waals surface area contributed by atoms with Gasteiger partial charge in [0, 0.05) is 10.9 Å². The lowest BCUT2D eigenvalue weighted by atomic mass is 10.2. The molecule has 1 aromatic rings. The summed E-state index contributed by atoms with van der Waals surface area (Å²) >= 11 is 3.41. The van der Waals surface area contributed by atoms with Crippen molar-refractivity contribution < 1.29 is 9.53 Å². The van der Waals surface area contributed by atoms with Crippen LogP contribution in [-0.4, -0.2) is 19.0 Å². The van der Waals surface area contributed by atoms with Crippen LogP contribution in [0.1, 0.15) is 18.9 Å². The molecule has 0 aliphatic carbocycles. The Bertz CT molecular complexity index is 323. The maximum Gasteiger partial charge on any atom is 0.158 e. The molecule has 1 aromatic carbocycles. The van der Waals surface area contributed by atoms with Gasteiger partial charge in [-0.1, -0.05) is 35.0 Å². The highest BCUT2D eigenvalue weighted by Gasteiger charge is 1.98. The van der Waals surface area contributed by atoms with Crippen molar-refractivity contribution in [2.75, 3.05) is 13.2 Å². The molecule has 0 aliphatic rings. The zero-order chi connectivity index (χ0) is 11.1. The third-order valence-electron chi connectivity index (χ3n) is 2.08. The third kappa shape index (κ3) is 5.09. The Morgan fingerprint density at radius 3 is 2.93 bits per heavy atom. The van der Waals surface area contributed by atoms with Gasteiger partial charge in [-0.3, -0.25) is 4.79 Å². The summed E-state index contributed by atoms with van der Waals surface area (Å²) in [6.45, 7) is 2.69. The highest BCUT2D eigenvalue weighted by atomic mass is 79.9.